The number of rotatable bonds is 1. The van der Waals surface area contributed by atoms with Crippen LogP contribution in [0.5, 0.6) is 0 Å². The maximum atomic E-state index is 10.2. The van der Waals surface area contributed by atoms with Crippen LogP contribution in [-0.2, 0) is 0 Å². The van der Waals surface area contributed by atoms with Gasteiger partial charge in [-0.2, -0.15) is 0 Å². The largest absolute Gasteiger partial charge is 0.393 e. The van der Waals surface area contributed by atoms with E-state index in [0.717, 1.165) is 30.6 Å². The lowest BCUT2D eigenvalue weighted by atomic mass is 9.47. The highest BCUT2D eigenvalue weighted by molar-refractivity contribution is 5.75. The fourth-order valence-corrected chi connectivity index (χ4v) is 7.50. The molecule has 0 aliphatic heterocycles. The molecule has 2 fully saturated rings. The fraction of sp³-hybridized carbons (Fsp3) is 0.615. The third-order valence-electron chi connectivity index (χ3n) is 9.09. The molecule has 0 spiro atoms. The van der Waals surface area contributed by atoms with Crippen molar-refractivity contribution in [2.45, 2.75) is 71.8 Å². The summed E-state index contributed by atoms with van der Waals surface area (Å²) >= 11 is 0. The van der Waals surface area contributed by atoms with Gasteiger partial charge in [0.15, 0.2) is 0 Å². The molecule has 0 heterocycles. The predicted octanol–water partition coefficient (Wildman–Crippen LogP) is 6.31. The molecule has 0 aromatic heterocycles. The van der Waals surface area contributed by atoms with Crippen LogP contribution in [0.3, 0.4) is 0 Å². The lowest BCUT2D eigenvalue weighted by Gasteiger charge is -2.57. The van der Waals surface area contributed by atoms with Crippen LogP contribution >= 0.6 is 0 Å². The summed E-state index contributed by atoms with van der Waals surface area (Å²) in [5.74, 6) is 2.41. The van der Waals surface area contributed by atoms with E-state index in [1.807, 2.05) is 0 Å². The predicted molar refractivity (Wildman–Crippen MR) is 112 cm³/mol. The van der Waals surface area contributed by atoms with Gasteiger partial charge in [-0.25, -0.2) is 0 Å². The van der Waals surface area contributed by atoms with Crippen LogP contribution in [0, 0.1) is 35.5 Å². The zero-order chi connectivity index (χ0) is 18.8. The fourth-order valence-electron chi connectivity index (χ4n) is 7.50. The van der Waals surface area contributed by atoms with Gasteiger partial charge < -0.3 is 5.11 Å². The Hall–Kier alpha value is -1.34. The Bertz CT molecular complexity index is 817. The Morgan fingerprint density at radius 3 is 2.52 bits per heavy atom. The van der Waals surface area contributed by atoms with Crippen LogP contribution in [0.2, 0.25) is 0 Å². The number of hydrogen-bond donors (Lipinski definition) is 1. The maximum absolute atomic E-state index is 10.2. The summed E-state index contributed by atoms with van der Waals surface area (Å²) < 4.78 is 0. The number of aliphatic hydroxyl groups excluding tert-OH is 1. The number of benzene rings is 1. The summed E-state index contributed by atoms with van der Waals surface area (Å²) in [5, 5.41) is 10.2. The zero-order valence-electron chi connectivity index (χ0n) is 17.2. The molecule has 1 aromatic carbocycles. The highest BCUT2D eigenvalue weighted by atomic mass is 16.3. The Kier molecular flexibility index (Phi) is 3.99. The van der Waals surface area contributed by atoms with E-state index in [2.05, 4.69) is 57.2 Å². The third kappa shape index (κ3) is 2.47. The second kappa shape index (κ2) is 6.08. The van der Waals surface area contributed by atoms with Gasteiger partial charge >= 0.3 is 0 Å². The molecule has 0 radical (unpaired) electrons. The van der Waals surface area contributed by atoms with Gasteiger partial charge in [-0.3, -0.25) is 0 Å². The van der Waals surface area contributed by atoms with Crippen molar-refractivity contribution in [2.24, 2.45) is 28.6 Å². The van der Waals surface area contributed by atoms with Gasteiger partial charge in [-0.15, -0.1) is 0 Å². The number of hydrogen-bond acceptors (Lipinski definition) is 1. The van der Waals surface area contributed by atoms with Gasteiger partial charge in [-0.05, 0) is 97.2 Å². The molecular weight excluding hydrogens is 328 g/mol. The molecule has 0 saturated heterocycles. The van der Waals surface area contributed by atoms with Crippen molar-refractivity contribution in [1.29, 1.82) is 0 Å². The van der Waals surface area contributed by atoms with Crippen LogP contribution in [0.15, 0.2) is 42.0 Å². The first kappa shape index (κ1) is 17.7. The van der Waals surface area contributed by atoms with E-state index >= 15 is 0 Å². The van der Waals surface area contributed by atoms with Gasteiger partial charge in [0.05, 0.1) is 6.10 Å². The Labute approximate surface area is 164 Å². The summed E-state index contributed by atoms with van der Waals surface area (Å²) in [4.78, 5) is 0. The number of aliphatic hydroxyl groups is 1. The molecule has 0 bridgehead atoms. The molecule has 1 N–H and O–H groups in total. The third-order valence-corrected chi connectivity index (χ3v) is 9.09. The lowest BCUT2D eigenvalue weighted by molar-refractivity contribution is -0.0238. The second-order valence-corrected chi connectivity index (χ2v) is 10.3. The normalized spacial score (nSPS) is 43.3. The van der Waals surface area contributed by atoms with Crippen molar-refractivity contribution in [3.05, 3.63) is 53.1 Å². The minimum atomic E-state index is -0.101. The van der Waals surface area contributed by atoms with Crippen molar-refractivity contribution in [1.82, 2.24) is 0 Å². The quantitative estimate of drug-likeness (QED) is 0.580. The van der Waals surface area contributed by atoms with E-state index in [1.54, 1.807) is 11.1 Å². The molecule has 6 atom stereocenters. The van der Waals surface area contributed by atoms with Gasteiger partial charge in [0.25, 0.3) is 0 Å². The minimum Gasteiger partial charge on any atom is -0.393 e. The molecule has 1 heteroatoms. The van der Waals surface area contributed by atoms with Crippen LogP contribution in [0.25, 0.3) is 5.57 Å². The average Bonchev–Trinajstić information content (AvgIpc) is 3.00. The van der Waals surface area contributed by atoms with Gasteiger partial charge in [0.1, 0.15) is 0 Å². The van der Waals surface area contributed by atoms with E-state index in [-0.39, 0.29) is 6.10 Å². The van der Waals surface area contributed by atoms with E-state index in [0.29, 0.717) is 10.8 Å². The molecule has 0 unspecified atom stereocenters. The summed E-state index contributed by atoms with van der Waals surface area (Å²) in [5.41, 5.74) is 6.80. The van der Waals surface area contributed by atoms with Crippen molar-refractivity contribution in [3.8, 4) is 0 Å². The molecule has 2 saturated carbocycles. The monoisotopic (exact) mass is 362 g/mol. The van der Waals surface area contributed by atoms with Gasteiger partial charge in [0, 0.05) is 0 Å². The standard InChI is InChI=1S/C26H34O/c1-17-6-4-5-7-20(17)22-10-11-23-21-9-8-18-16-19(27)12-14-25(18,2)24(21)13-15-26(22,23)3/h4-8,10,19,21,23-24,27H,9,11-16H2,1-3H3/t19-,21-,23-,24-,25-,26+/m0/s1. The molecule has 1 aromatic rings. The van der Waals surface area contributed by atoms with Crippen molar-refractivity contribution in [3.63, 3.8) is 0 Å². The van der Waals surface area contributed by atoms with Crippen LogP contribution in [-0.4, -0.2) is 11.2 Å². The lowest BCUT2D eigenvalue weighted by Crippen LogP contribution is -2.49. The molecule has 1 nitrogen and oxygen atoms in total. The number of fused-ring (bicyclic) bond motifs is 5. The van der Waals surface area contributed by atoms with Gasteiger partial charge in [-0.1, -0.05) is 55.8 Å². The number of allylic oxidation sites excluding steroid dienone is 3. The molecule has 0 amide bonds. The Morgan fingerprint density at radius 2 is 1.70 bits per heavy atom. The van der Waals surface area contributed by atoms with Crippen molar-refractivity contribution >= 4 is 5.57 Å². The summed E-state index contributed by atoms with van der Waals surface area (Å²) in [6.07, 6.45) is 13.3. The smallest absolute Gasteiger partial charge is 0.0577 e. The second-order valence-electron chi connectivity index (χ2n) is 10.3. The molecule has 144 valence electrons. The minimum absolute atomic E-state index is 0.101. The van der Waals surface area contributed by atoms with Crippen LogP contribution in [0.1, 0.15) is 69.9 Å². The molecular formula is C26H34O. The number of aryl methyl sites for hydroxylation is 1. The first-order valence-electron chi connectivity index (χ1n) is 11.1. The first-order chi connectivity index (χ1) is 12.9. The van der Waals surface area contributed by atoms with E-state index in [1.165, 1.54) is 43.2 Å². The van der Waals surface area contributed by atoms with Crippen molar-refractivity contribution in [2.75, 3.05) is 0 Å². The highest BCUT2D eigenvalue weighted by Crippen LogP contribution is 2.66. The zero-order valence-corrected chi connectivity index (χ0v) is 17.2. The average molecular weight is 363 g/mol. The Morgan fingerprint density at radius 1 is 0.926 bits per heavy atom. The van der Waals surface area contributed by atoms with E-state index < -0.39 is 0 Å². The maximum Gasteiger partial charge on any atom is 0.0577 e. The molecule has 4 aliphatic rings. The van der Waals surface area contributed by atoms with Crippen LogP contribution < -0.4 is 0 Å². The first-order valence-corrected chi connectivity index (χ1v) is 11.1. The van der Waals surface area contributed by atoms with Crippen LogP contribution in [0.4, 0.5) is 0 Å². The van der Waals surface area contributed by atoms with E-state index in [9.17, 15) is 5.11 Å². The molecule has 5 rings (SSSR count). The Balaban J connectivity index is 1.49. The summed E-state index contributed by atoms with van der Waals surface area (Å²) in [7, 11) is 0. The SMILES string of the molecule is Cc1ccccc1C1=CC[C@H]2[C@@H]3CC=C4C[C@@H](O)CC[C@]4(C)[C@H]3CC[C@]12C. The molecule has 27 heavy (non-hydrogen) atoms. The highest BCUT2D eigenvalue weighted by Gasteiger charge is 2.56. The van der Waals surface area contributed by atoms with Gasteiger partial charge in [0.2, 0.25) is 0 Å². The van der Waals surface area contributed by atoms with Crippen molar-refractivity contribution < 1.29 is 5.11 Å². The summed E-state index contributed by atoms with van der Waals surface area (Å²) in [6, 6.07) is 8.97. The topological polar surface area (TPSA) is 20.2 Å². The molecule has 4 aliphatic carbocycles. The van der Waals surface area contributed by atoms with E-state index in [4.69, 9.17) is 0 Å². The summed E-state index contributed by atoms with van der Waals surface area (Å²) in [6.45, 7) is 7.35.